The standard InChI is InChI=1S/C20H22FNO5S/c1-26-18-6-2-15(3-7-18)12-22(17-10-11-28(24,25)14-17)20(23)13-27-19-8-4-16(21)5-9-19/h2-9,17H,10-14H2,1H3. The van der Waals surface area contributed by atoms with E-state index in [9.17, 15) is 17.6 Å². The molecule has 2 aromatic rings. The molecule has 0 radical (unpaired) electrons. The molecule has 1 saturated heterocycles. The lowest BCUT2D eigenvalue weighted by atomic mass is 10.1. The van der Waals surface area contributed by atoms with Crippen LogP contribution in [0.5, 0.6) is 11.5 Å². The van der Waals surface area contributed by atoms with Crippen LogP contribution in [-0.2, 0) is 21.2 Å². The summed E-state index contributed by atoms with van der Waals surface area (Å²) < 4.78 is 47.4. The molecule has 0 saturated carbocycles. The van der Waals surface area contributed by atoms with E-state index in [2.05, 4.69) is 0 Å². The Bertz CT molecular complexity index is 913. The van der Waals surface area contributed by atoms with Crippen LogP contribution in [0.4, 0.5) is 4.39 Å². The molecule has 150 valence electrons. The third-order valence-corrected chi connectivity index (χ3v) is 6.41. The molecule has 8 heteroatoms. The number of halogens is 1. The van der Waals surface area contributed by atoms with Crippen LogP contribution in [0, 0.1) is 5.82 Å². The fraction of sp³-hybridized carbons (Fsp3) is 0.350. The number of carbonyl (C=O) groups is 1. The Labute approximate surface area is 163 Å². The average molecular weight is 407 g/mol. The Balaban J connectivity index is 1.72. The quantitative estimate of drug-likeness (QED) is 0.705. The third kappa shape index (κ3) is 5.22. The van der Waals surface area contributed by atoms with Gasteiger partial charge in [0.2, 0.25) is 0 Å². The summed E-state index contributed by atoms with van der Waals surface area (Å²) in [5, 5.41) is 0. The van der Waals surface area contributed by atoms with Gasteiger partial charge in [-0.25, -0.2) is 12.8 Å². The maximum Gasteiger partial charge on any atom is 0.261 e. The highest BCUT2D eigenvalue weighted by atomic mass is 32.2. The van der Waals surface area contributed by atoms with Crippen molar-refractivity contribution in [2.75, 3.05) is 25.2 Å². The van der Waals surface area contributed by atoms with Crippen LogP contribution in [0.3, 0.4) is 0 Å². The van der Waals surface area contributed by atoms with Gasteiger partial charge in [-0.1, -0.05) is 12.1 Å². The largest absolute Gasteiger partial charge is 0.497 e. The Morgan fingerprint density at radius 2 is 1.75 bits per heavy atom. The normalized spacial score (nSPS) is 17.9. The van der Waals surface area contributed by atoms with E-state index in [4.69, 9.17) is 9.47 Å². The monoisotopic (exact) mass is 407 g/mol. The van der Waals surface area contributed by atoms with E-state index < -0.39 is 21.7 Å². The minimum Gasteiger partial charge on any atom is -0.497 e. The number of methoxy groups -OCH3 is 1. The predicted molar refractivity (Wildman–Crippen MR) is 102 cm³/mol. The first-order valence-corrected chi connectivity index (χ1v) is 10.7. The van der Waals surface area contributed by atoms with E-state index in [1.807, 2.05) is 12.1 Å². The molecule has 28 heavy (non-hydrogen) atoms. The smallest absolute Gasteiger partial charge is 0.261 e. The number of benzene rings is 2. The Hall–Kier alpha value is -2.61. The van der Waals surface area contributed by atoms with Gasteiger partial charge in [0.1, 0.15) is 17.3 Å². The summed E-state index contributed by atoms with van der Waals surface area (Å²) in [4.78, 5) is 14.4. The summed E-state index contributed by atoms with van der Waals surface area (Å²) in [5.74, 6) is 0.384. The van der Waals surface area contributed by atoms with Gasteiger partial charge in [0.15, 0.2) is 16.4 Å². The van der Waals surface area contributed by atoms with Gasteiger partial charge in [0.05, 0.1) is 18.6 Å². The molecule has 0 bridgehead atoms. The van der Waals surface area contributed by atoms with Gasteiger partial charge in [-0.2, -0.15) is 0 Å². The maximum atomic E-state index is 13.0. The van der Waals surface area contributed by atoms with Crippen molar-refractivity contribution in [1.29, 1.82) is 0 Å². The summed E-state index contributed by atoms with van der Waals surface area (Å²) in [7, 11) is -1.57. The Morgan fingerprint density at radius 3 is 2.32 bits per heavy atom. The van der Waals surface area contributed by atoms with E-state index in [-0.39, 0.29) is 30.6 Å². The van der Waals surface area contributed by atoms with Crippen LogP contribution in [-0.4, -0.2) is 50.5 Å². The second-order valence-electron chi connectivity index (χ2n) is 6.67. The van der Waals surface area contributed by atoms with Gasteiger partial charge < -0.3 is 14.4 Å². The summed E-state index contributed by atoms with van der Waals surface area (Å²) in [6.45, 7) is 0.0220. The number of hydrogen-bond acceptors (Lipinski definition) is 5. The van der Waals surface area contributed by atoms with Crippen molar-refractivity contribution < 1.29 is 27.1 Å². The van der Waals surface area contributed by atoms with Gasteiger partial charge in [-0.3, -0.25) is 4.79 Å². The molecule has 1 fully saturated rings. The molecule has 3 rings (SSSR count). The topological polar surface area (TPSA) is 72.9 Å². The molecule has 1 aliphatic heterocycles. The number of sulfone groups is 1. The molecule has 6 nitrogen and oxygen atoms in total. The Kier molecular flexibility index (Phi) is 6.18. The molecule has 1 amide bonds. The van der Waals surface area contributed by atoms with Gasteiger partial charge >= 0.3 is 0 Å². The maximum absolute atomic E-state index is 13.0. The second kappa shape index (κ2) is 8.60. The van der Waals surface area contributed by atoms with Crippen molar-refractivity contribution in [2.24, 2.45) is 0 Å². The van der Waals surface area contributed by atoms with Gasteiger partial charge in [-0.15, -0.1) is 0 Å². The lowest BCUT2D eigenvalue weighted by Crippen LogP contribution is -2.43. The highest BCUT2D eigenvalue weighted by Crippen LogP contribution is 2.22. The van der Waals surface area contributed by atoms with Crippen LogP contribution in [0.2, 0.25) is 0 Å². The second-order valence-corrected chi connectivity index (χ2v) is 8.90. The molecule has 2 aromatic carbocycles. The highest BCUT2D eigenvalue weighted by Gasteiger charge is 2.34. The Morgan fingerprint density at radius 1 is 1.11 bits per heavy atom. The first-order valence-electron chi connectivity index (χ1n) is 8.87. The third-order valence-electron chi connectivity index (χ3n) is 4.66. The minimum atomic E-state index is -3.15. The van der Waals surface area contributed by atoms with E-state index >= 15 is 0 Å². The zero-order chi connectivity index (χ0) is 20.1. The molecule has 0 N–H and O–H groups in total. The van der Waals surface area contributed by atoms with Crippen molar-refractivity contribution in [3.63, 3.8) is 0 Å². The first kappa shape index (κ1) is 20.1. The summed E-state index contributed by atoms with van der Waals surface area (Å²) in [6.07, 6.45) is 0.404. The van der Waals surface area contributed by atoms with Crippen molar-refractivity contribution in [3.05, 3.63) is 59.9 Å². The fourth-order valence-electron chi connectivity index (χ4n) is 3.13. The molecule has 0 aromatic heterocycles. The molecular weight excluding hydrogens is 385 g/mol. The van der Waals surface area contributed by atoms with Gasteiger partial charge in [0.25, 0.3) is 5.91 Å². The predicted octanol–water partition coefficient (Wildman–Crippen LogP) is 2.43. The number of carbonyl (C=O) groups excluding carboxylic acids is 1. The molecular formula is C20H22FNO5S. The highest BCUT2D eigenvalue weighted by molar-refractivity contribution is 7.91. The summed E-state index contributed by atoms with van der Waals surface area (Å²) >= 11 is 0. The SMILES string of the molecule is COc1ccc(CN(C(=O)COc2ccc(F)cc2)C2CCS(=O)(=O)C2)cc1. The van der Waals surface area contributed by atoms with Gasteiger partial charge in [0, 0.05) is 12.6 Å². The molecule has 1 heterocycles. The number of rotatable bonds is 7. The van der Waals surface area contributed by atoms with Gasteiger partial charge in [-0.05, 0) is 48.4 Å². The fourth-order valence-corrected chi connectivity index (χ4v) is 4.86. The van der Waals surface area contributed by atoms with Crippen LogP contribution in [0.1, 0.15) is 12.0 Å². The summed E-state index contributed by atoms with van der Waals surface area (Å²) in [6, 6.07) is 12.2. The zero-order valence-electron chi connectivity index (χ0n) is 15.5. The van der Waals surface area contributed by atoms with Crippen molar-refractivity contribution in [1.82, 2.24) is 4.90 Å². The van der Waals surface area contributed by atoms with Crippen LogP contribution in [0.25, 0.3) is 0 Å². The molecule has 1 atom stereocenters. The molecule has 1 unspecified atom stereocenters. The van der Waals surface area contributed by atoms with E-state index in [1.165, 1.54) is 24.3 Å². The lowest BCUT2D eigenvalue weighted by molar-refractivity contribution is -0.136. The zero-order valence-corrected chi connectivity index (χ0v) is 16.3. The number of ether oxygens (including phenoxy) is 2. The number of nitrogens with zero attached hydrogens (tertiary/aromatic N) is 1. The van der Waals surface area contributed by atoms with Crippen LogP contribution < -0.4 is 9.47 Å². The first-order chi connectivity index (χ1) is 13.4. The minimum absolute atomic E-state index is 0.0502. The number of amides is 1. The number of hydrogen-bond donors (Lipinski definition) is 0. The van der Waals surface area contributed by atoms with Crippen LogP contribution in [0.15, 0.2) is 48.5 Å². The van der Waals surface area contributed by atoms with Crippen molar-refractivity contribution in [2.45, 2.75) is 19.0 Å². The van der Waals surface area contributed by atoms with E-state index in [0.29, 0.717) is 17.9 Å². The average Bonchev–Trinajstić information content (AvgIpc) is 3.05. The van der Waals surface area contributed by atoms with Crippen LogP contribution >= 0.6 is 0 Å². The molecule has 1 aliphatic rings. The van der Waals surface area contributed by atoms with Crippen molar-refractivity contribution >= 4 is 15.7 Å². The van der Waals surface area contributed by atoms with Crippen molar-refractivity contribution in [3.8, 4) is 11.5 Å². The van der Waals surface area contributed by atoms with E-state index in [1.54, 1.807) is 24.1 Å². The molecule has 0 aliphatic carbocycles. The lowest BCUT2D eigenvalue weighted by Gasteiger charge is -2.28. The van der Waals surface area contributed by atoms with E-state index in [0.717, 1.165) is 5.56 Å². The molecule has 0 spiro atoms. The summed E-state index contributed by atoms with van der Waals surface area (Å²) in [5.41, 5.74) is 0.861.